The quantitative estimate of drug-likeness (QED) is 0.337. The molecule has 3 heterocycles. The van der Waals surface area contributed by atoms with Crippen molar-refractivity contribution in [3.63, 3.8) is 0 Å². The van der Waals surface area contributed by atoms with Crippen molar-refractivity contribution in [3.05, 3.63) is 66.6 Å². The van der Waals surface area contributed by atoms with Gasteiger partial charge in [-0.2, -0.15) is 0 Å². The highest BCUT2D eigenvalue weighted by Crippen LogP contribution is 2.29. The molecule has 1 fully saturated rings. The SMILES string of the molecule is CC(C)N1CCC(C(=O)Nc2cc(Oc3ccc4c(c3)nc(Nc3ccc(F)cc3)n4C)ccn2)CC1. The number of piperidine rings is 1. The highest BCUT2D eigenvalue weighted by molar-refractivity contribution is 5.92. The predicted octanol–water partition coefficient (Wildman–Crippen LogP) is 5.70. The number of carbonyl (C=O) groups excluding carboxylic acids is 1. The summed E-state index contributed by atoms with van der Waals surface area (Å²) in [4.78, 5) is 24.2. The molecule has 1 aliphatic heterocycles. The van der Waals surface area contributed by atoms with E-state index in [4.69, 9.17) is 4.74 Å². The number of amides is 1. The van der Waals surface area contributed by atoms with Crippen molar-refractivity contribution in [2.75, 3.05) is 23.7 Å². The summed E-state index contributed by atoms with van der Waals surface area (Å²) in [6.45, 7) is 6.24. The monoisotopic (exact) mass is 502 g/mol. The highest BCUT2D eigenvalue weighted by atomic mass is 19.1. The molecule has 2 aromatic heterocycles. The Morgan fingerprint density at radius 1 is 1.05 bits per heavy atom. The number of carbonyl (C=O) groups is 1. The van der Waals surface area contributed by atoms with E-state index in [0.717, 1.165) is 42.7 Å². The van der Waals surface area contributed by atoms with E-state index in [1.165, 1.54) is 12.1 Å². The Morgan fingerprint density at radius 3 is 2.51 bits per heavy atom. The van der Waals surface area contributed by atoms with Crippen molar-refractivity contribution in [1.82, 2.24) is 19.4 Å². The third-order valence-corrected chi connectivity index (χ3v) is 6.80. The minimum Gasteiger partial charge on any atom is -0.457 e. The van der Waals surface area contributed by atoms with Crippen LogP contribution in [0.15, 0.2) is 60.8 Å². The lowest BCUT2D eigenvalue weighted by Crippen LogP contribution is -2.41. The molecule has 1 amide bonds. The Bertz CT molecular complexity index is 1390. The summed E-state index contributed by atoms with van der Waals surface area (Å²) in [5.41, 5.74) is 2.41. The van der Waals surface area contributed by atoms with Crippen LogP contribution in [0.4, 0.5) is 21.8 Å². The molecular weight excluding hydrogens is 471 g/mol. The molecule has 4 aromatic rings. The van der Waals surface area contributed by atoms with E-state index in [2.05, 4.69) is 39.3 Å². The van der Waals surface area contributed by atoms with Gasteiger partial charge in [-0.05, 0) is 82.2 Å². The van der Waals surface area contributed by atoms with E-state index in [0.29, 0.717) is 29.3 Å². The summed E-state index contributed by atoms with van der Waals surface area (Å²) >= 11 is 0. The third kappa shape index (κ3) is 5.72. The molecule has 0 spiro atoms. The maximum absolute atomic E-state index is 13.2. The average Bonchev–Trinajstić information content (AvgIpc) is 3.19. The number of hydrogen-bond donors (Lipinski definition) is 2. The van der Waals surface area contributed by atoms with Gasteiger partial charge in [0.1, 0.15) is 23.1 Å². The van der Waals surface area contributed by atoms with Gasteiger partial charge in [-0.1, -0.05) is 0 Å². The van der Waals surface area contributed by atoms with Gasteiger partial charge < -0.3 is 24.8 Å². The van der Waals surface area contributed by atoms with Crippen molar-refractivity contribution in [1.29, 1.82) is 0 Å². The van der Waals surface area contributed by atoms with Gasteiger partial charge in [0.05, 0.1) is 11.0 Å². The number of halogens is 1. The van der Waals surface area contributed by atoms with E-state index in [1.807, 2.05) is 29.8 Å². The number of hydrogen-bond acceptors (Lipinski definition) is 6. The first-order valence-corrected chi connectivity index (χ1v) is 12.5. The molecule has 1 aliphatic rings. The van der Waals surface area contributed by atoms with E-state index < -0.39 is 0 Å². The van der Waals surface area contributed by atoms with Crippen LogP contribution in [0.5, 0.6) is 11.5 Å². The van der Waals surface area contributed by atoms with Crippen LogP contribution in [-0.4, -0.2) is 44.5 Å². The molecule has 5 rings (SSSR count). The molecule has 0 aliphatic carbocycles. The lowest BCUT2D eigenvalue weighted by atomic mass is 9.95. The zero-order chi connectivity index (χ0) is 25.9. The molecule has 192 valence electrons. The number of rotatable bonds is 7. The van der Waals surface area contributed by atoms with Gasteiger partial charge in [-0.3, -0.25) is 4.79 Å². The Hall–Kier alpha value is -3.98. The van der Waals surface area contributed by atoms with Crippen LogP contribution in [0.2, 0.25) is 0 Å². The van der Waals surface area contributed by atoms with Crippen LogP contribution in [0.25, 0.3) is 11.0 Å². The summed E-state index contributed by atoms with van der Waals surface area (Å²) in [6.07, 6.45) is 3.32. The summed E-state index contributed by atoms with van der Waals surface area (Å²) in [6, 6.07) is 15.8. The Labute approximate surface area is 215 Å². The van der Waals surface area contributed by atoms with Crippen LogP contribution in [0, 0.1) is 11.7 Å². The third-order valence-electron chi connectivity index (χ3n) is 6.80. The van der Waals surface area contributed by atoms with Crippen molar-refractivity contribution < 1.29 is 13.9 Å². The van der Waals surface area contributed by atoms with E-state index in [9.17, 15) is 9.18 Å². The molecule has 2 aromatic carbocycles. The molecule has 9 heteroatoms. The van der Waals surface area contributed by atoms with Crippen molar-refractivity contribution in [2.45, 2.75) is 32.7 Å². The van der Waals surface area contributed by atoms with E-state index in [-0.39, 0.29) is 17.6 Å². The zero-order valence-electron chi connectivity index (χ0n) is 21.2. The molecule has 0 bridgehead atoms. The molecule has 0 unspecified atom stereocenters. The average molecular weight is 503 g/mol. The van der Waals surface area contributed by atoms with Crippen molar-refractivity contribution >= 4 is 34.4 Å². The molecule has 1 saturated heterocycles. The number of aromatic nitrogens is 3. The number of fused-ring (bicyclic) bond motifs is 1. The molecule has 37 heavy (non-hydrogen) atoms. The second kappa shape index (κ2) is 10.6. The fraction of sp³-hybridized carbons (Fsp3) is 0.321. The van der Waals surface area contributed by atoms with Crippen molar-refractivity contribution in [2.24, 2.45) is 13.0 Å². The van der Waals surface area contributed by atoms with Crippen LogP contribution >= 0.6 is 0 Å². The standard InChI is InChI=1S/C28H31FN6O2/c1-18(2)35-14-11-19(12-15-35)27(36)33-26-17-23(10-13-30-26)37-22-8-9-25-24(16-22)32-28(34(25)3)31-21-6-4-20(29)5-7-21/h4-10,13,16-19H,11-12,14-15H2,1-3H3,(H,31,32)(H,30,33,36). The molecular formula is C28H31FN6O2. The molecule has 8 nitrogen and oxygen atoms in total. The van der Waals surface area contributed by atoms with E-state index in [1.54, 1.807) is 30.5 Å². The summed E-state index contributed by atoms with van der Waals surface area (Å²) in [5, 5.41) is 6.16. The second-order valence-electron chi connectivity index (χ2n) is 9.65. The largest absolute Gasteiger partial charge is 0.457 e. The molecule has 2 N–H and O–H groups in total. The molecule has 0 radical (unpaired) electrons. The zero-order valence-corrected chi connectivity index (χ0v) is 21.2. The van der Waals surface area contributed by atoms with Gasteiger partial charge in [-0.15, -0.1) is 0 Å². The molecule has 0 saturated carbocycles. The number of benzene rings is 2. The first-order valence-electron chi connectivity index (χ1n) is 12.5. The summed E-state index contributed by atoms with van der Waals surface area (Å²) < 4.78 is 21.2. The lowest BCUT2D eigenvalue weighted by Gasteiger charge is -2.33. The van der Waals surface area contributed by atoms with Crippen molar-refractivity contribution in [3.8, 4) is 11.5 Å². The number of anilines is 3. The van der Waals surface area contributed by atoms with Crippen LogP contribution in [0.3, 0.4) is 0 Å². The van der Waals surface area contributed by atoms with Gasteiger partial charge in [-0.25, -0.2) is 14.4 Å². The van der Waals surface area contributed by atoms with Crippen LogP contribution in [-0.2, 0) is 11.8 Å². The number of imidazole rings is 1. The summed E-state index contributed by atoms with van der Waals surface area (Å²) in [5.74, 6) is 1.99. The Kier molecular flexibility index (Phi) is 7.05. The maximum Gasteiger partial charge on any atom is 0.228 e. The fourth-order valence-electron chi connectivity index (χ4n) is 4.60. The topological polar surface area (TPSA) is 84.3 Å². The minimum absolute atomic E-state index is 0.00384. The van der Waals surface area contributed by atoms with E-state index >= 15 is 0 Å². The van der Waals surface area contributed by atoms with Crippen LogP contribution in [0.1, 0.15) is 26.7 Å². The fourth-order valence-corrected chi connectivity index (χ4v) is 4.60. The van der Waals surface area contributed by atoms with Gasteiger partial charge in [0, 0.05) is 43.0 Å². The predicted molar refractivity (Wildman–Crippen MR) is 143 cm³/mol. The van der Waals surface area contributed by atoms with Gasteiger partial charge in [0.25, 0.3) is 0 Å². The number of ether oxygens (including phenoxy) is 1. The van der Waals surface area contributed by atoms with Gasteiger partial charge >= 0.3 is 0 Å². The van der Waals surface area contributed by atoms with Gasteiger partial charge in [0.2, 0.25) is 11.9 Å². The van der Waals surface area contributed by atoms with Crippen LogP contribution < -0.4 is 15.4 Å². The maximum atomic E-state index is 13.2. The van der Waals surface area contributed by atoms with Gasteiger partial charge in [0.15, 0.2) is 0 Å². The Balaban J connectivity index is 1.25. The Morgan fingerprint density at radius 2 is 1.78 bits per heavy atom. The number of likely N-dealkylation sites (tertiary alicyclic amines) is 1. The first kappa shape index (κ1) is 24.7. The number of nitrogens with one attached hydrogen (secondary N) is 2. The number of pyridine rings is 1. The first-order chi connectivity index (χ1) is 17.9. The summed E-state index contributed by atoms with van der Waals surface area (Å²) in [7, 11) is 1.91. The normalized spacial score (nSPS) is 14.7. The second-order valence-corrected chi connectivity index (χ2v) is 9.65. The lowest BCUT2D eigenvalue weighted by molar-refractivity contribution is -0.121. The minimum atomic E-state index is -0.289. The molecule has 0 atom stereocenters. The number of nitrogens with zero attached hydrogens (tertiary/aromatic N) is 4. The highest BCUT2D eigenvalue weighted by Gasteiger charge is 2.26. The smallest absolute Gasteiger partial charge is 0.228 e. The number of aryl methyl sites for hydroxylation is 1.